The molecule has 0 amide bonds. The Hall–Kier alpha value is -3.19. The molecule has 2 fully saturated rings. The molecule has 0 spiro atoms. The van der Waals surface area contributed by atoms with Crippen LogP contribution in [0, 0.1) is 0 Å². The highest BCUT2D eigenvalue weighted by atomic mass is 32.2. The Bertz CT molecular complexity index is 1090. The molecular formula is C21H27F6N7O5S. The molecule has 40 heavy (non-hydrogen) atoms. The summed E-state index contributed by atoms with van der Waals surface area (Å²) in [5, 5.41) is 33.4. The highest BCUT2D eigenvalue weighted by molar-refractivity contribution is 7.98. The van der Waals surface area contributed by atoms with Gasteiger partial charge in [-0.1, -0.05) is 17.0 Å². The average Bonchev–Trinajstić information content (AvgIpc) is 3.52. The fraction of sp³-hybridized carbons (Fsp3) is 0.619. The molecule has 0 bridgehead atoms. The van der Waals surface area contributed by atoms with Crippen LogP contribution in [0.2, 0.25) is 0 Å². The number of carboxylic acids is 2. The van der Waals surface area contributed by atoms with E-state index in [9.17, 15) is 31.4 Å². The summed E-state index contributed by atoms with van der Waals surface area (Å²) in [6.07, 6.45) is -1.54. The number of carboxylic acid groups (broad SMARTS) is 2. The van der Waals surface area contributed by atoms with E-state index in [0.717, 1.165) is 68.7 Å². The number of carbonyl (C=O) groups is 2. The predicted molar refractivity (Wildman–Crippen MR) is 128 cm³/mol. The maximum Gasteiger partial charge on any atom is 0.490 e. The van der Waals surface area contributed by atoms with Gasteiger partial charge in [0.25, 0.3) is 0 Å². The zero-order chi connectivity index (χ0) is 30.1. The number of anilines is 1. The van der Waals surface area contributed by atoms with Gasteiger partial charge in [-0.05, 0) is 31.6 Å². The van der Waals surface area contributed by atoms with Crippen LogP contribution in [0.1, 0.15) is 31.0 Å². The topological polar surface area (TPSA) is 158 Å². The van der Waals surface area contributed by atoms with E-state index < -0.39 is 24.3 Å². The van der Waals surface area contributed by atoms with Crippen molar-refractivity contribution in [3.05, 3.63) is 24.2 Å². The molecule has 4 rings (SSSR count). The lowest BCUT2D eigenvalue weighted by atomic mass is 10.1. The fourth-order valence-electron chi connectivity index (χ4n) is 3.72. The standard InChI is InChI=1S/C17H25N7OS.2C2HF3O2/c1-26-17-18-6-2-16(19-17)23-8-3-14(4-9-23)24-11-13(20-21-24)10-22-7-5-15(25)12-22;2*3-2(4,5)1(6)7/h2,6,11,14-15,25H,3-5,7-10,12H2,1H3;2*(H,6,7). The molecule has 1 unspecified atom stereocenters. The van der Waals surface area contributed by atoms with Crippen LogP contribution in [-0.4, -0.2) is 108 Å². The first-order valence-corrected chi connectivity index (χ1v) is 12.9. The SMILES string of the molecule is CSc1nccc(N2CCC(n3cc(CN4CCC(O)C4)nn3)CC2)n1.O=C(O)C(F)(F)F.O=C(O)C(F)(F)F. The van der Waals surface area contributed by atoms with Crippen LogP contribution in [-0.2, 0) is 16.1 Å². The van der Waals surface area contributed by atoms with Gasteiger partial charge in [0.05, 0.1) is 24.0 Å². The minimum Gasteiger partial charge on any atom is -0.475 e. The Morgan fingerprint density at radius 2 is 1.60 bits per heavy atom. The van der Waals surface area contributed by atoms with Gasteiger partial charge >= 0.3 is 24.3 Å². The predicted octanol–water partition coefficient (Wildman–Crippen LogP) is 2.46. The number of piperidine rings is 1. The third-order valence-corrected chi connectivity index (χ3v) is 6.20. The number of aliphatic carboxylic acids is 2. The van der Waals surface area contributed by atoms with E-state index in [2.05, 4.69) is 36.3 Å². The number of aromatic nitrogens is 5. The van der Waals surface area contributed by atoms with Gasteiger partial charge in [-0.25, -0.2) is 24.2 Å². The van der Waals surface area contributed by atoms with E-state index in [0.29, 0.717) is 6.04 Å². The molecule has 2 aliphatic rings. The Morgan fingerprint density at radius 1 is 1.02 bits per heavy atom. The van der Waals surface area contributed by atoms with E-state index in [4.69, 9.17) is 19.8 Å². The van der Waals surface area contributed by atoms with Crippen molar-refractivity contribution < 1.29 is 51.3 Å². The summed E-state index contributed by atoms with van der Waals surface area (Å²) in [6.45, 7) is 4.37. The maximum atomic E-state index is 10.6. The summed E-state index contributed by atoms with van der Waals surface area (Å²) in [5.74, 6) is -4.50. The number of likely N-dealkylation sites (tertiary alicyclic amines) is 1. The van der Waals surface area contributed by atoms with Crippen molar-refractivity contribution in [1.29, 1.82) is 0 Å². The number of nitrogens with zero attached hydrogens (tertiary/aromatic N) is 7. The number of halogens is 6. The van der Waals surface area contributed by atoms with Gasteiger partial charge in [-0.2, -0.15) is 26.3 Å². The molecule has 0 aliphatic carbocycles. The number of aliphatic hydroxyl groups excluding tert-OH is 1. The van der Waals surface area contributed by atoms with Crippen molar-refractivity contribution in [2.45, 2.75) is 55.5 Å². The Morgan fingerprint density at radius 3 is 2.08 bits per heavy atom. The van der Waals surface area contributed by atoms with Gasteiger partial charge in [0.2, 0.25) is 0 Å². The molecule has 0 radical (unpaired) electrons. The van der Waals surface area contributed by atoms with Gasteiger partial charge in [-0.15, -0.1) is 5.10 Å². The molecule has 2 aliphatic heterocycles. The second-order valence-corrected chi connectivity index (χ2v) is 9.37. The van der Waals surface area contributed by atoms with Crippen molar-refractivity contribution in [1.82, 2.24) is 29.9 Å². The van der Waals surface area contributed by atoms with Crippen LogP contribution in [0.4, 0.5) is 32.2 Å². The molecule has 0 saturated carbocycles. The van der Waals surface area contributed by atoms with Crippen molar-refractivity contribution >= 4 is 29.5 Å². The van der Waals surface area contributed by atoms with E-state index >= 15 is 0 Å². The number of β-amino-alcohol motifs (C(OH)–C–C–N with tert-alkyl or cyclic N) is 1. The molecular weight excluding hydrogens is 576 g/mol. The quantitative estimate of drug-likeness (QED) is 0.261. The Kier molecular flexibility index (Phi) is 11.9. The first-order valence-electron chi connectivity index (χ1n) is 11.6. The lowest BCUT2D eigenvalue weighted by molar-refractivity contribution is -0.193. The smallest absolute Gasteiger partial charge is 0.475 e. The second-order valence-electron chi connectivity index (χ2n) is 8.59. The molecule has 1 atom stereocenters. The first-order chi connectivity index (χ1) is 18.6. The molecule has 2 aromatic heterocycles. The number of thioether (sulfide) groups is 1. The highest BCUT2D eigenvalue weighted by Gasteiger charge is 2.38. The van der Waals surface area contributed by atoms with E-state index in [1.165, 1.54) is 0 Å². The second kappa shape index (κ2) is 14.4. The number of hydrogen-bond donors (Lipinski definition) is 3. The molecule has 12 nitrogen and oxygen atoms in total. The van der Waals surface area contributed by atoms with E-state index in [1.807, 2.05) is 23.2 Å². The van der Waals surface area contributed by atoms with Gasteiger partial charge in [0.1, 0.15) is 5.82 Å². The molecule has 0 aromatic carbocycles. The lowest BCUT2D eigenvalue weighted by Gasteiger charge is -2.32. The Balaban J connectivity index is 0.000000333. The van der Waals surface area contributed by atoms with E-state index in [1.54, 1.807) is 11.8 Å². The average molecular weight is 604 g/mol. The molecule has 2 saturated heterocycles. The van der Waals surface area contributed by atoms with Crippen LogP contribution < -0.4 is 4.90 Å². The van der Waals surface area contributed by atoms with Crippen LogP contribution in [0.25, 0.3) is 0 Å². The van der Waals surface area contributed by atoms with Crippen LogP contribution in [0.3, 0.4) is 0 Å². The van der Waals surface area contributed by atoms with Crippen molar-refractivity contribution in [3.63, 3.8) is 0 Å². The summed E-state index contributed by atoms with van der Waals surface area (Å²) in [5.41, 5.74) is 0.988. The molecule has 4 heterocycles. The summed E-state index contributed by atoms with van der Waals surface area (Å²) in [7, 11) is 0. The Labute approximate surface area is 228 Å². The zero-order valence-corrected chi connectivity index (χ0v) is 21.8. The van der Waals surface area contributed by atoms with Crippen LogP contribution >= 0.6 is 11.8 Å². The normalized spacial score (nSPS) is 18.4. The summed E-state index contributed by atoms with van der Waals surface area (Å²) in [6, 6.07) is 2.37. The monoisotopic (exact) mass is 603 g/mol. The molecule has 3 N–H and O–H groups in total. The highest BCUT2D eigenvalue weighted by Crippen LogP contribution is 2.26. The van der Waals surface area contributed by atoms with Crippen LogP contribution in [0.5, 0.6) is 0 Å². The van der Waals surface area contributed by atoms with Crippen molar-refractivity contribution in [2.24, 2.45) is 0 Å². The van der Waals surface area contributed by atoms with Crippen molar-refractivity contribution in [2.75, 3.05) is 37.3 Å². The summed E-state index contributed by atoms with van der Waals surface area (Å²) in [4.78, 5) is 31.2. The first kappa shape index (κ1) is 33.0. The van der Waals surface area contributed by atoms with Crippen LogP contribution in [0.15, 0.2) is 23.6 Å². The minimum atomic E-state index is -5.08. The van der Waals surface area contributed by atoms with Crippen molar-refractivity contribution in [3.8, 4) is 0 Å². The summed E-state index contributed by atoms with van der Waals surface area (Å²) < 4.78 is 65.5. The number of alkyl halides is 6. The maximum absolute atomic E-state index is 10.6. The summed E-state index contributed by atoms with van der Waals surface area (Å²) >= 11 is 1.57. The van der Waals surface area contributed by atoms with Gasteiger partial charge in [0, 0.05) is 38.9 Å². The minimum absolute atomic E-state index is 0.192. The largest absolute Gasteiger partial charge is 0.490 e. The number of hydrogen-bond acceptors (Lipinski definition) is 10. The lowest BCUT2D eigenvalue weighted by Crippen LogP contribution is -2.35. The number of rotatable bonds is 5. The van der Waals surface area contributed by atoms with Gasteiger partial charge in [0.15, 0.2) is 5.16 Å². The molecule has 19 heteroatoms. The third kappa shape index (κ3) is 10.8. The molecule has 224 valence electrons. The zero-order valence-electron chi connectivity index (χ0n) is 21.0. The van der Waals surface area contributed by atoms with Gasteiger partial charge in [-0.3, -0.25) is 4.90 Å². The van der Waals surface area contributed by atoms with E-state index in [-0.39, 0.29) is 6.10 Å². The molecule has 2 aromatic rings. The number of aliphatic hydroxyl groups is 1. The van der Waals surface area contributed by atoms with Gasteiger partial charge < -0.3 is 20.2 Å². The fourth-order valence-corrected chi connectivity index (χ4v) is 4.07. The third-order valence-electron chi connectivity index (χ3n) is 5.64.